The van der Waals surface area contributed by atoms with Crippen LogP contribution in [-0.4, -0.2) is 19.0 Å². The summed E-state index contributed by atoms with van der Waals surface area (Å²) in [5.74, 6) is 0.339. The first-order chi connectivity index (χ1) is 6.20. The number of carbonyl (C=O) groups is 1. The van der Waals surface area contributed by atoms with Gasteiger partial charge < -0.3 is 4.74 Å². The van der Waals surface area contributed by atoms with E-state index in [-0.39, 0.29) is 6.10 Å². The maximum Gasteiger partial charge on any atom is 0.133 e. The summed E-state index contributed by atoms with van der Waals surface area (Å²) in [6.07, 6.45) is 6.08. The number of ketones is 1. The van der Waals surface area contributed by atoms with Crippen LogP contribution in [0.3, 0.4) is 0 Å². The Labute approximate surface area is 81.0 Å². The Hall–Kier alpha value is -0.630. The van der Waals surface area contributed by atoms with Crippen molar-refractivity contribution in [3.63, 3.8) is 0 Å². The Kier molecular flexibility index (Phi) is 7.60. The first-order valence-electron chi connectivity index (χ1n) is 4.86. The van der Waals surface area contributed by atoms with E-state index in [2.05, 4.69) is 6.58 Å². The molecule has 0 bridgehead atoms. The summed E-state index contributed by atoms with van der Waals surface area (Å²) in [4.78, 5) is 11.2. The summed E-state index contributed by atoms with van der Waals surface area (Å²) < 4.78 is 5.06. The van der Waals surface area contributed by atoms with E-state index in [1.165, 1.54) is 0 Å². The Morgan fingerprint density at radius 1 is 1.54 bits per heavy atom. The predicted octanol–water partition coefficient (Wildman–Crippen LogP) is 2.73. The molecule has 2 heteroatoms. The van der Waals surface area contributed by atoms with Crippen LogP contribution in [0.15, 0.2) is 12.7 Å². The number of ether oxygens (including phenoxy) is 1. The van der Waals surface area contributed by atoms with Crippen molar-refractivity contribution in [2.45, 2.75) is 45.1 Å². The van der Waals surface area contributed by atoms with E-state index in [0.29, 0.717) is 18.6 Å². The van der Waals surface area contributed by atoms with Gasteiger partial charge in [-0.25, -0.2) is 0 Å². The normalized spacial score (nSPS) is 12.5. The molecule has 13 heavy (non-hydrogen) atoms. The van der Waals surface area contributed by atoms with Gasteiger partial charge in [-0.1, -0.05) is 6.08 Å². The van der Waals surface area contributed by atoms with Gasteiger partial charge in [0.1, 0.15) is 5.78 Å². The number of Topliss-reactive ketones (excluding diaryl/α,β-unsaturated/α-hetero) is 1. The van der Waals surface area contributed by atoms with Crippen molar-refractivity contribution in [1.82, 2.24) is 0 Å². The van der Waals surface area contributed by atoms with Crippen LogP contribution in [0.5, 0.6) is 0 Å². The van der Waals surface area contributed by atoms with E-state index in [0.717, 1.165) is 19.3 Å². The van der Waals surface area contributed by atoms with E-state index in [4.69, 9.17) is 4.74 Å². The molecule has 0 fully saturated rings. The molecule has 0 spiro atoms. The van der Waals surface area contributed by atoms with E-state index in [1.54, 1.807) is 7.11 Å². The highest BCUT2D eigenvalue weighted by Crippen LogP contribution is 2.05. The average molecular weight is 184 g/mol. The predicted molar refractivity (Wildman–Crippen MR) is 54.8 cm³/mol. The fourth-order valence-corrected chi connectivity index (χ4v) is 1.05. The summed E-state index contributed by atoms with van der Waals surface area (Å²) >= 11 is 0. The van der Waals surface area contributed by atoms with E-state index < -0.39 is 0 Å². The van der Waals surface area contributed by atoms with E-state index >= 15 is 0 Å². The van der Waals surface area contributed by atoms with Crippen LogP contribution in [0, 0.1) is 0 Å². The van der Waals surface area contributed by atoms with Crippen molar-refractivity contribution < 1.29 is 9.53 Å². The monoisotopic (exact) mass is 184 g/mol. The van der Waals surface area contributed by atoms with Gasteiger partial charge >= 0.3 is 0 Å². The molecule has 0 N–H and O–H groups in total. The Bertz CT molecular complexity index is 152. The summed E-state index contributed by atoms with van der Waals surface area (Å²) in [5, 5.41) is 0. The highest BCUT2D eigenvalue weighted by atomic mass is 16.5. The molecule has 0 aliphatic carbocycles. The van der Waals surface area contributed by atoms with E-state index in [1.807, 2.05) is 13.0 Å². The van der Waals surface area contributed by atoms with Crippen molar-refractivity contribution >= 4 is 5.78 Å². The number of carbonyl (C=O) groups excluding carboxylic acids is 1. The zero-order chi connectivity index (χ0) is 10.1. The lowest BCUT2D eigenvalue weighted by atomic mass is 10.1. The summed E-state index contributed by atoms with van der Waals surface area (Å²) in [6, 6.07) is 0. The van der Waals surface area contributed by atoms with Gasteiger partial charge in [0, 0.05) is 20.0 Å². The fourth-order valence-electron chi connectivity index (χ4n) is 1.05. The minimum atomic E-state index is 0.198. The first-order valence-corrected chi connectivity index (χ1v) is 4.86. The van der Waals surface area contributed by atoms with Crippen LogP contribution in [0.2, 0.25) is 0 Å². The van der Waals surface area contributed by atoms with Crippen molar-refractivity contribution in [2.24, 2.45) is 0 Å². The zero-order valence-electron chi connectivity index (χ0n) is 8.71. The van der Waals surface area contributed by atoms with E-state index in [9.17, 15) is 4.79 Å². The molecule has 0 amide bonds. The molecule has 0 aliphatic heterocycles. The SMILES string of the molecule is C=CCCCC(=O)CCC(C)OC. The molecule has 76 valence electrons. The molecule has 0 radical (unpaired) electrons. The van der Waals surface area contributed by atoms with Crippen molar-refractivity contribution in [3.05, 3.63) is 12.7 Å². The fraction of sp³-hybridized carbons (Fsp3) is 0.727. The third-order valence-corrected chi connectivity index (χ3v) is 2.10. The number of hydrogen-bond acceptors (Lipinski definition) is 2. The van der Waals surface area contributed by atoms with Gasteiger partial charge in [-0.15, -0.1) is 6.58 Å². The maximum absolute atomic E-state index is 11.2. The third-order valence-electron chi connectivity index (χ3n) is 2.10. The Morgan fingerprint density at radius 2 is 2.23 bits per heavy atom. The molecule has 0 saturated heterocycles. The lowest BCUT2D eigenvalue weighted by Crippen LogP contribution is -2.08. The molecular weight excluding hydrogens is 164 g/mol. The van der Waals surface area contributed by atoms with Crippen molar-refractivity contribution in [2.75, 3.05) is 7.11 Å². The average Bonchev–Trinajstić information content (AvgIpc) is 2.14. The van der Waals surface area contributed by atoms with Gasteiger partial charge in [-0.3, -0.25) is 4.79 Å². The van der Waals surface area contributed by atoms with Crippen molar-refractivity contribution in [1.29, 1.82) is 0 Å². The van der Waals surface area contributed by atoms with Crippen LogP contribution in [-0.2, 0) is 9.53 Å². The molecule has 0 heterocycles. The number of methoxy groups -OCH3 is 1. The summed E-state index contributed by atoms with van der Waals surface area (Å²) in [6.45, 7) is 5.60. The van der Waals surface area contributed by atoms with Crippen LogP contribution >= 0.6 is 0 Å². The number of hydrogen-bond donors (Lipinski definition) is 0. The Balaban J connectivity index is 3.34. The largest absolute Gasteiger partial charge is 0.382 e. The van der Waals surface area contributed by atoms with Crippen LogP contribution in [0.4, 0.5) is 0 Å². The molecule has 0 aromatic rings. The molecule has 0 rings (SSSR count). The number of unbranched alkanes of at least 4 members (excludes halogenated alkanes) is 1. The minimum absolute atomic E-state index is 0.198. The topological polar surface area (TPSA) is 26.3 Å². The van der Waals surface area contributed by atoms with Crippen LogP contribution < -0.4 is 0 Å². The molecule has 1 atom stereocenters. The molecular formula is C11H20O2. The highest BCUT2D eigenvalue weighted by Gasteiger charge is 2.04. The van der Waals surface area contributed by atoms with Crippen molar-refractivity contribution in [3.8, 4) is 0 Å². The molecule has 0 saturated carbocycles. The lowest BCUT2D eigenvalue weighted by Gasteiger charge is -2.07. The molecule has 2 nitrogen and oxygen atoms in total. The minimum Gasteiger partial charge on any atom is -0.382 e. The Morgan fingerprint density at radius 3 is 2.77 bits per heavy atom. The van der Waals surface area contributed by atoms with Gasteiger partial charge in [-0.05, 0) is 26.2 Å². The molecule has 0 aromatic carbocycles. The van der Waals surface area contributed by atoms with Crippen LogP contribution in [0.1, 0.15) is 39.0 Å². The highest BCUT2D eigenvalue weighted by molar-refractivity contribution is 5.78. The second-order valence-corrected chi connectivity index (χ2v) is 3.30. The van der Waals surface area contributed by atoms with Gasteiger partial charge in [0.05, 0.1) is 6.10 Å². The summed E-state index contributed by atoms with van der Waals surface area (Å²) in [7, 11) is 1.67. The van der Waals surface area contributed by atoms with Crippen LogP contribution in [0.25, 0.3) is 0 Å². The second kappa shape index (κ2) is 7.99. The number of allylic oxidation sites excluding steroid dienone is 1. The smallest absolute Gasteiger partial charge is 0.133 e. The van der Waals surface area contributed by atoms with Gasteiger partial charge in [-0.2, -0.15) is 0 Å². The lowest BCUT2D eigenvalue weighted by molar-refractivity contribution is -0.119. The maximum atomic E-state index is 11.2. The van der Waals surface area contributed by atoms with Gasteiger partial charge in [0.25, 0.3) is 0 Å². The standard InChI is InChI=1S/C11H20O2/c1-4-5-6-7-11(12)9-8-10(2)13-3/h4,10H,1,5-9H2,2-3H3. The third kappa shape index (κ3) is 7.72. The molecule has 0 aromatic heterocycles. The van der Waals surface area contributed by atoms with Gasteiger partial charge in [0.15, 0.2) is 0 Å². The number of rotatable bonds is 8. The second-order valence-electron chi connectivity index (χ2n) is 3.30. The zero-order valence-corrected chi connectivity index (χ0v) is 8.71. The first kappa shape index (κ1) is 12.4. The molecule has 0 aliphatic rings. The van der Waals surface area contributed by atoms with Gasteiger partial charge in [0.2, 0.25) is 0 Å². The summed E-state index contributed by atoms with van der Waals surface area (Å²) in [5.41, 5.74) is 0. The molecule has 1 unspecified atom stereocenters. The quantitative estimate of drug-likeness (QED) is 0.428.